The van der Waals surface area contributed by atoms with Gasteiger partial charge in [0.15, 0.2) is 5.13 Å². The summed E-state index contributed by atoms with van der Waals surface area (Å²) in [4.78, 5) is 39.7. The predicted octanol–water partition coefficient (Wildman–Crippen LogP) is 1.98. The van der Waals surface area contributed by atoms with Gasteiger partial charge in [0, 0.05) is 24.2 Å². The minimum atomic E-state index is -4.72. The summed E-state index contributed by atoms with van der Waals surface area (Å²) in [7, 11) is 0. The van der Waals surface area contributed by atoms with Gasteiger partial charge in [-0.15, -0.1) is 11.3 Å². The quantitative estimate of drug-likeness (QED) is 0.738. The number of carbonyl (C=O) groups excluding carboxylic acids is 2. The fraction of sp³-hybridized carbons (Fsp3) is 0.571. The van der Waals surface area contributed by atoms with E-state index in [1.165, 1.54) is 6.20 Å². The summed E-state index contributed by atoms with van der Waals surface area (Å²) in [6.45, 7) is 0.589. The summed E-state index contributed by atoms with van der Waals surface area (Å²) in [6, 6.07) is -0.875. The van der Waals surface area contributed by atoms with Gasteiger partial charge in [-0.2, -0.15) is 13.2 Å². The SMILES string of the molecule is CCOC(=O)Cc1cnc(NC(=O)N2C[C@@H](C(F)(F)F)[C@H](C(=O)O)C2)s1. The lowest BCUT2D eigenvalue weighted by molar-refractivity contribution is -0.187. The molecular formula is C14H16F3N3O5S. The minimum absolute atomic E-state index is 0.0394. The highest BCUT2D eigenvalue weighted by Crippen LogP contribution is 2.38. The van der Waals surface area contributed by atoms with Gasteiger partial charge in [0.1, 0.15) is 0 Å². The van der Waals surface area contributed by atoms with Gasteiger partial charge >= 0.3 is 24.1 Å². The highest BCUT2D eigenvalue weighted by atomic mass is 32.1. The number of nitrogens with zero attached hydrogens (tertiary/aromatic N) is 2. The Labute approximate surface area is 149 Å². The van der Waals surface area contributed by atoms with Gasteiger partial charge in [0.2, 0.25) is 0 Å². The zero-order valence-corrected chi connectivity index (χ0v) is 14.4. The highest BCUT2D eigenvalue weighted by molar-refractivity contribution is 7.15. The molecule has 1 fully saturated rings. The van der Waals surface area contributed by atoms with Gasteiger partial charge in [-0.05, 0) is 6.92 Å². The van der Waals surface area contributed by atoms with Crippen LogP contribution in [0.5, 0.6) is 0 Å². The van der Waals surface area contributed by atoms with Crippen molar-refractivity contribution in [3.05, 3.63) is 11.1 Å². The van der Waals surface area contributed by atoms with Crippen molar-refractivity contribution in [3.8, 4) is 0 Å². The summed E-state index contributed by atoms with van der Waals surface area (Å²) in [6.07, 6.45) is -3.41. The van der Waals surface area contributed by atoms with Crippen LogP contribution in [-0.2, 0) is 20.7 Å². The molecule has 0 aliphatic carbocycles. The van der Waals surface area contributed by atoms with Crippen molar-refractivity contribution in [2.24, 2.45) is 11.8 Å². The van der Waals surface area contributed by atoms with Crippen LogP contribution in [0.2, 0.25) is 0 Å². The number of hydrogen-bond donors (Lipinski definition) is 2. The van der Waals surface area contributed by atoms with Crippen LogP contribution in [0.15, 0.2) is 6.20 Å². The minimum Gasteiger partial charge on any atom is -0.481 e. The molecule has 1 aliphatic heterocycles. The second-order valence-electron chi connectivity index (χ2n) is 5.54. The maximum Gasteiger partial charge on any atom is 0.394 e. The third-order valence-corrected chi connectivity index (χ3v) is 4.65. The molecule has 2 heterocycles. The average Bonchev–Trinajstić information content (AvgIpc) is 3.13. The van der Waals surface area contributed by atoms with E-state index in [0.29, 0.717) is 4.88 Å². The predicted molar refractivity (Wildman–Crippen MR) is 83.7 cm³/mol. The topological polar surface area (TPSA) is 109 Å². The number of ether oxygens (including phenoxy) is 1. The zero-order chi connectivity index (χ0) is 19.5. The van der Waals surface area contributed by atoms with Gasteiger partial charge in [-0.1, -0.05) is 0 Å². The molecule has 1 saturated heterocycles. The van der Waals surface area contributed by atoms with Crippen molar-refractivity contribution >= 4 is 34.4 Å². The van der Waals surface area contributed by atoms with Crippen molar-refractivity contribution < 1.29 is 37.4 Å². The molecule has 1 aromatic rings. The molecule has 0 saturated carbocycles. The number of alkyl halides is 3. The Balaban J connectivity index is 1.99. The van der Waals surface area contributed by atoms with Gasteiger partial charge in [-0.3, -0.25) is 14.9 Å². The molecule has 1 aromatic heterocycles. The first-order valence-electron chi connectivity index (χ1n) is 7.57. The number of anilines is 1. The number of likely N-dealkylation sites (tertiary alicyclic amines) is 1. The van der Waals surface area contributed by atoms with Crippen LogP contribution in [0, 0.1) is 11.8 Å². The van der Waals surface area contributed by atoms with E-state index >= 15 is 0 Å². The van der Waals surface area contributed by atoms with Gasteiger partial charge < -0.3 is 14.7 Å². The average molecular weight is 395 g/mol. The Hall–Kier alpha value is -2.37. The summed E-state index contributed by atoms with van der Waals surface area (Å²) in [5.74, 6) is -5.91. The van der Waals surface area contributed by atoms with Crippen LogP contribution in [0.1, 0.15) is 11.8 Å². The molecule has 144 valence electrons. The fourth-order valence-electron chi connectivity index (χ4n) is 2.52. The van der Waals surface area contributed by atoms with Crippen molar-refractivity contribution in [1.29, 1.82) is 0 Å². The molecular weight excluding hydrogens is 379 g/mol. The number of amides is 2. The maximum absolute atomic E-state index is 12.9. The number of aromatic nitrogens is 1. The lowest BCUT2D eigenvalue weighted by Gasteiger charge is -2.18. The zero-order valence-electron chi connectivity index (χ0n) is 13.6. The van der Waals surface area contributed by atoms with E-state index < -0.39 is 49.1 Å². The monoisotopic (exact) mass is 395 g/mol. The van der Waals surface area contributed by atoms with Crippen LogP contribution in [0.3, 0.4) is 0 Å². The second kappa shape index (κ2) is 7.89. The van der Waals surface area contributed by atoms with Gasteiger partial charge in [0.25, 0.3) is 0 Å². The van der Waals surface area contributed by atoms with E-state index in [4.69, 9.17) is 9.84 Å². The Bertz CT molecular complexity index is 694. The molecule has 0 unspecified atom stereocenters. The smallest absolute Gasteiger partial charge is 0.394 e. The Morgan fingerprint density at radius 1 is 1.42 bits per heavy atom. The van der Waals surface area contributed by atoms with E-state index in [2.05, 4.69) is 10.3 Å². The van der Waals surface area contributed by atoms with Crippen molar-refractivity contribution in [3.63, 3.8) is 0 Å². The summed E-state index contributed by atoms with van der Waals surface area (Å²) < 4.78 is 43.6. The van der Waals surface area contributed by atoms with Crippen molar-refractivity contribution in [2.75, 3.05) is 25.0 Å². The number of urea groups is 1. The van der Waals surface area contributed by atoms with E-state index in [0.717, 1.165) is 16.2 Å². The normalized spacial score (nSPS) is 20.1. The number of carboxylic acids is 1. The summed E-state index contributed by atoms with van der Waals surface area (Å²) in [5.41, 5.74) is 0. The van der Waals surface area contributed by atoms with Crippen molar-refractivity contribution in [1.82, 2.24) is 9.88 Å². The lowest BCUT2D eigenvalue weighted by atomic mass is 9.96. The van der Waals surface area contributed by atoms with E-state index in [9.17, 15) is 27.6 Å². The standard InChI is InChI=1S/C14H16F3N3O5S/c1-2-25-10(21)3-7-4-18-12(26-7)19-13(24)20-5-8(11(22)23)9(6-20)14(15,16)17/h4,8-9H,2-3,5-6H2,1H3,(H,22,23)(H,18,19,24)/t8-,9-/m1/s1. The Kier molecular flexibility index (Phi) is 6.05. The summed E-state index contributed by atoms with van der Waals surface area (Å²) >= 11 is 0.979. The number of carbonyl (C=O) groups is 3. The number of carboxylic acid groups (broad SMARTS) is 1. The first kappa shape index (κ1) is 19.9. The third kappa shape index (κ3) is 4.84. The molecule has 2 atom stereocenters. The molecule has 26 heavy (non-hydrogen) atoms. The maximum atomic E-state index is 12.9. The van der Waals surface area contributed by atoms with Crippen LogP contribution in [-0.4, -0.2) is 58.8 Å². The van der Waals surface area contributed by atoms with Crippen molar-refractivity contribution in [2.45, 2.75) is 19.5 Å². The molecule has 12 heteroatoms. The number of rotatable bonds is 5. The molecule has 2 amide bonds. The van der Waals surface area contributed by atoms with Gasteiger partial charge in [0.05, 0.1) is 24.9 Å². The Morgan fingerprint density at radius 3 is 2.65 bits per heavy atom. The lowest BCUT2D eigenvalue weighted by Crippen LogP contribution is -2.35. The van der Waals surface area contributed by atoms with Crippen LogP contribution in [0.4, 0.5) is 23.1 Å². The molecule has 0 aromatic carbocycles. The molecule has 0 spiro atoms. The largest absolute Gasteiger partial charge is 0.481 e. The number of hydrogen-bond acceptors (Lipinski definition) is 6. The fourth-order valence-corrected chi connectivity index (χ4v) is 3.31. The molecule has 1 aliphatic rings. The van der Waals surface area contributed by atoms with Crippen LogP contribution in [0.25, 0.3) is 0 Å². The van der Waals surface area contributed by atoms with E-state index in [-0.39, 0.29) is 18.2 Å². The first-order valence-corrected chi connectivity index (χ1v) is 8.39. The van der Waals surface area contributed by atoms with E-state index in [1.807, 2.05) is 0 Å². The highest BCUT2D eigenvalue weighted by Gasteiger charge is 2.53. The number of nitrogens with one attached hydrogen (secondary N) is 1. The molecule has 2 N–H and O–H groups in total. The number of thiazole rings is 1. The summed E-state index contributed by atoms with van der Waals surface area (Å²) in [5, 5.41) is 11.4. The molecule has 0 bridgehead atoms. The molecule has 2 rings (SSSR count). The number of esters is 1. The molecule has 8 nitrogen and oxygen atoms in total. The van der Waals surface area contributed by atoms with Crippen LogP contribution >= 0.6 is 11.3 Å². The Morgan fingerprint density at radius 2 is 2.12 bits per heavy atom. The van der Waals surface area contributed by atoms with E-state index in [1.54, 1.807) is 6.92 Å². The second-order valence-corrected chi connectivity index (χ2v) is 6.66. The van der Waals surface area contributed by atoms with Crippen LogP contribution < -0.4 is 5.32 Å². The molecule has 0 radical (unpaired) electrons. The number of halogens is 3. The number of aliphatic carboxylic acids is 1. The first-order chi connectivity index (χ1) is 12.1. The third-order valence-electron chi connectivity index (χ3n) is 3.74. The van der Waals surface area contributed by atoms with Gasteiger partial charge in [-0.25, -0.2) is 9.78 Å².